The van der Waals surface area contributed by atoms with Crippen molar-refractivity contribution in [1.82, 2.24) is 10.2 Å². The second-order valence-corrected chi connectivity index (χ2v) is 13.3. The van der Waals surface area contributed by atoms with Gasteiger partial charge in [-0.2, -0.15) is 8.42 Å². The number of benzene rings is 2. The molecular formula is C31H39FN2O8S. The molecule has 2 aliphatic heterocycles. The number of ether oxygens (including phenoxy) is 3. The van der Waals surface area contributed by atoms with E-state index >= 15 is 0 Å². The molecule has 0 bridgehead atoms. The maximum absolute atomic E-state index is 14.1. The van der Waals surface area contributed by atoms with Crippen LogP contribution in [-0.4, -0.2) is 81.3 Å². The van der Waals surface area contributed by atoms with Crippen molar-refractivity contribution in [2.75, 3.05) is 26.0 Å². The Morgan fingerprint density at radius 3 is 2.53 bits per heavy atom. The van der Waals surface area contributed by atoms with Crippen LogP contribution >= 0.6 is 0 Å². The highest BCUT2D eigenvalue weighted by molar-refractivity contribution is 7.85. The van der Waals surface area contributed by atoms with E-state index in [9.17, 15) is 22.4 Å². The van der Waals surface area contributed by atoms with E-state index in [4.69, 9.17) is 18.4 Å². The topological polar surface area (TPSA) is 120 Å². The molecule has 1 N–H and O–H groups in total. The number of nitrogens with zero attached hydrogens (tertiary/aromatic N) is 1. The van der Waals surface area contributed by atoms with Gasteiger partial charge in [-0.25, -0.2) is 9.18 Å². The molecule has 2 amide bonds. The lowest BCUT2D eigenvalue weighted by molar-refractivity contribution is -0.162. The van der Waals surface area contributed by atoms with Crippen molar-refractivity contribution in [3.8, 4) is 0 Å². The van der Waals surface area contributed by atoms with Crippen LogP contribution < -0.4 is 5.32 Å². The van der Waals surface area contributed by atoms with Crippen LogP contribution in [0.2, 0.25) is 0 Å². The molecule has 0 spiro atoms. The summed E-state index contributed by atoms with van der Waals surface area (Å²) in [7, 11) is -3.73. The first-order valence-electron chi connectivity index (χ1n) is 14.1. The third-order valence-corrected chi connectivity index (χ3v) is 7.73. The highest BCUT2D eigenvalue weighted by Crippen LogP contribution is 2.36. The van der Waals surface area contributed by atoms with Crippen molar-refractivity contribution in [2.24, 2.45) is 0 Å². The fraction of sp³-hybridized carbons (Fsp3) is 0.484. The second-order valence-electron chi connectivity index (χ2n) is 11.7. The van der Waals surface area contributed by atoms with Gasteiger partial charge in [-0.1, -0.05) is 42.5 Å². The first-order valence-corrected chi connectivity index (χ1v) is 15.9. The van der Waals surface area contributed by atoms with Crippen molar-refractivity contribution in [3.63, 3.8) is 0 Å². The molecule has 2 aromatic carbocycles. The third kappa shape index (κ3) is 8.85. The van der Waals surface area contributed by atoms with Crippen LogP contribution in [-0.2, 0) is 39.7 Å². The molecule has 2 aromatic rings. The van der Waals surface area contributed by atoms with Crippen LogP contribution in [0.3, 0.4) is 0 Å². The van der Waals surface area contributed by atoms with E-state index in [-0.39, 0.29) is 31.4 Å². The van der Waals surface area contributed by atoms with Crippen LogP contribution in [0.4, 0.5) is 9.18 Å². The molecule has 5 atom stereocenters. The monoisotopic (exact) mass is 618 g/mol. The summed E-state index contributed by atoms with van der Waals surface area (Å²) in [5.74, 6) is -0.651. The van der Waals surface area contributed by atoms with E-state index in [0.29, 0.717) is 13.0 Å². The SMILES string of the molecule is C=C[C@H](COS(C)(=O)=O)O[C@H]1CO[C@@H](C(=O)N2CCc3ccccc3[C@@H]2c2ccc(F)cc2)C[C@@H]1NC(=O)OC(C)(C)C. The van der Waals surface area contributed by atoms with Crippen molar-refractivity contribution in [3.05, 3.63) is 83.7 Å². The standard InChI is InChI=1S/C31H39FN2O8S/c1-6-23(18-40-43(5,37)38)41-27-19-39-26(17-25(27)33-30(36)42-31(2,3)4)29(35)34-16-15-20-9-7-8-10-24(20)28(34)21-11-13-22(32)14-12-21/h6-14,23,25-28H,1,15-19H2,2-5H3,(H,33,36)/t23-,25+,26-,27+,28+/m1/s1. The van der Waals surface area contributed by atoms with Gasteiger partial charge < -0.3 is 24.4 Å². The van der Waals surface area contributed by atoms with Gasteiger partial charge in [0.25, 0.3) is 16.0 Å². The molecule has 10 nitrogen and oxygen atoms in total. The molecule has 2 heterocycles. The Balaban J connectivity index is 1.57. The molecule has 0 saturated carbocycles. The van der Waals surface area contributed by atoms with Gasteiger partial charge in [0.1, 0.15) is 29.7 Å². The zero-order chi connectivity index (χ0) is 31.4. The van der Waals surface area contributed by atoms with Gasteiger partial charge in [0.15, 0.2) is 0 Å². The summed E-state index contributed by atoms with van der Waals surface area (Å²) in [5.41, 5.74) is 2.06. The van der Waals surface area contributed by atoms with E-state index in [0.717, 1.165) is 22.9 Å². The van der Waals surface area contributed by atoms with E-state index in [1.807, 2.05) is 24.3 Å². The molecule has 4 rings (SSSR count). The van der Waals surface area contributed by atoms with Gasteiger partial charge in [0, 0.05) is 13.0 Å². The van der Waals surface area contributed by atoms with Gasteiger partial charge in [-0.15, -0.1) is 6.58 Å². The number of hydrogen-bond donors (Lipinski definition) is 1. The maximum atomic E-state index is 14.1. The summed E-state index contributed by atoms with van der Waals surface area (Å²) in [6.07, 6.45) is -0.200. The van der Waals surface area contributed by atoms with E-state index in [1.165, 1.54) is 18.2 Å². The van der Waals surface area contributed by atoms with E-state index in [2.05, 4.69) is 11.9 Å². The molecule has 234 valence electrons. The minimum atomic E-state index is -3.73. The lowest BCUT2D eigenvalue weighted by atomic mass is 9.87. The average molecular weight is 619 g/mol. The lowest BCUT2D eigenvalue weighted by Crippen LogP contribution is -2.57. The molecular weight excluding hydrogens is 579 g/mol. The summed E-state index contributed by atoms with van der Waals surface area (Å²) >= 11 is 0. The molecule has 0 aliphatic carbocycles. The first kappa shape index (κ1) is 32.6. The van der Waals surface area contributed by atoms with Gasteiger partial charge in [-0.05, 0) is 56.0 Å². The van der Waals surface area contributed by atoms with Gasteiger partial charge >= 0.3 is 6.09 Å². The zero-order valence-electron chi connectivity index (χ0n) is 24.8. The number of hydrogen-bond acceptors (Lipinski definition) is 8. The number of carbonyl (C=O) groups excluding carboxylic acids is 2. The number of halogens is 1. The summed E-state index contributed by atoms with van der Waals surface area (Å²) in [6, 6.07) is 12.8. The number of alkyl carbamates (subject to hydrolysis) is 1. The quantitative estimate of drug-likeness (QED) is 0.332. The minimum absolute atomic E-state index is 0.0633. The highest BCUT2D eigenvalue weighted by atomic mass is 32.2. The average Bonchev–Trinajstić information content (AvgIpc) is 2.94. The van der Waals surface area contributed by atoms with Crippen molar-refractivity contribution < 1.29 is 40.8 Å². The van der Waals surface area contributed by atoms with E-state index < -0.39 is 52.2 Å². The number of fused-ring (bicyclic) bond motifs is 1. The van der Waals surface area contributed by atoms with Gasteiger partial charge in [-0.3, -0.25) is 8.98 Å². The normalized spacial score (nSPS) is 23.1. The Morgan fingerprint density at radius 1 is 1.19 bits per heavy atom. The van der Waals surface area contributed by atoms with Crippen LogP contribution in [0.5, 0.6) is 0 Å². The predicted octanol–water partition coefficient (Wildman–Crippen LogP) is 3.90. The van der Waals surface area contributed by atoms with Crippen molar-refractivity contribution in [1.29, 1.82) is 0 Å². The fourth-order valence-electron chi connectivity index (χ4n) is 5.27. The lowest BCUT2D eigenvalue weighted by Gasteiger charge is -2.42. The Kier molecular flexibility index (Phi) is 10.3. The zero-order valence-corrected chi connectivity index (χ0v) is 25.6. The van der Waals surface area contributed by atoms with Gasteiger partial charge in [0.2, 0.25) is 0 Å². The Labute approximate surface area is 252 Å². The molecule has 0 unspecified atom stereocenters. The summed E-state index contributed by atoms with van der Waals surface area (Å²) in [6.45, 7) is 8.92. The van der Waals surface area contributed by atoms with Crippen LogP contribution in [0.25, 0.3) is 0 Å². The number of rotatable bonds is 9. The summed E-state index contributed by atoms with van der Waals surface area (Å²) in [4.78, 5) is 28.6. The van der Waals surface area contributed by atoms with Crippen LogP contribution in [0.1, 0.15) is 49.9 Å². The molecule has 0 aromatic heterocycles. The third-order valence-electron chi connectivity index (χ3n) is 7.17. The Hall–Kier alpha value is -3.32. The molecule has 2 aliphatic rings. The van der Waals surface area contributed by atoms with Crippen molar-refractivity contribution in [2.45, 2.75) is 69.6 Å². The minimum Gasteiger partial charge on any atom is -0.444 e. The largest absolute Gasteiger partial charge is 0.444 e. The Bertz CT molecular complexity index is 1410. The molecule has 12 heteroatoms. The first-order chi connectivity index (χ1) is 20.2. The summed E-state index contributed by atoms with van der Waals surface area (Å²) in [5, 5.41) is 2.81. The van der Waals surface area contributed by atoms with Crippen LogP contribution in [0.15, 0.2) is 61.2 Å². The van der Waals surface area contributed by atoms with Crippen molar-refractivity contribution >= 4 is 22.1 Å². The number of amides is 2. The Morgan fingerprint density at radius 2 is 1.88 bits per heavy atom. The molecule has 0 radical (unpaired) electrons. The fourth-order valence-corrected chi connectivity index (χ4v) is 5.65. The molecule has 1 saturated heterocycles. The predicted molar refractivity (Wildman–Crippen MR) is 157 cm³/mol. The van der Waals surface area contributed by atoms with Crippen LogP contribution in [0, 0.1) is 5.82 Å². The second kappa shape index (κ2) is 13.5. The number of carbonyl (C=O) groups is 2. The maximum Gasteiger partial charge on any atom is 0.407 e. The van der Waals surface area contributed by atoms with Gasteiger partial charge in [0.05, 0.1) is 31.6 Å². The number of nitrogens with one attached hydrogen (secondary N) is 1. The highest BCUT2D eigenvalue weighted by Gasteiger charge is 2.42. The van der Waals surface area contributed by atoms with E-state index in [1.54, 1.807) is 37.8 Å². The summed E-state index contributed by atoms with van der Waals surface area (Å²) < 4.78 is 59.2. The molecule has 43 heavy (non-hydrogen) atoms. The smallest absolute Gasteiger partial charge is 0.407 e. The molecule has 1 fully saturated rings.